The fourth-order valence-corrected chi connectivity index (χ4v) is 7.44. The summed E-state index contributed by atoms with van der Waals surface area (Å²) in [6, 6.07) is 0. The second-order valence-electron chi connectivity index (χ2n) is 18.1. The van der Waals surface area contributed by atoms with Gasteiger partial charge in [-0.1, -0.05) is 240 Å². The van der Waals surface area contributed by atoms with E-state index >= 15 is 0 Å². The number of allylic oxidation sites excluding steroid dienone is 16. The lowest BCUT2D eigenvalue weighted by molar-refractivity contribution is -0.167. The van der Waals surface area contributed by atoms with Crippen LogP contribution in [0.1, 0.15) is 252 Å². The number of carbonyl (C=O) groups is 3. The van der Waals surface area contributed by atoms with Gasteiger partial charge in [0.05, 0.1) is 0 Å². The van der Waals surface area contributed by atoms with Crippen molar-refractivity contribution >= 4 is 17.9 Å². The molecule has 0 saturated heterocycles. The molecule has 0 rings (SSSR count). The van der Waals surface area contributed by atoms with Gasteiger partial charge in [-0.05, 0) is 89.9 Å². The zero-order valence-electron chi connectivity index (χ0n) is 43.6. The maximum Gasteiger partial charge on any atom is 0.306 e. The third-order valence-corrected chi connectivity index (χ3v) is 11.6. The Hall–Kier alpha value is -3.67. The van der Waals surface area contributed by atoms with Gasteiger partial charge in [0, 0.05) is 19.3 Å². The average molecular weight is 931 g/mol. The van der Waals surface area contributed by atoms with Gasteiger partial charge in [-0.15, -0.1) is 0 Å². The standard InChI is InChI=1S/C61H102O6/c1-4-7-10-13-16-19-22-25-28-30-33-35-38-41-44-47-50-53-59(62)65-56-58(67-61(64)55-52-49-46-43-40-37-32-27-24-21-18-15-12-9-6-3)57-66-60(63)54-51-48-45-42-39-36-34-31-29-26-23-20-17-14-11-8-5-2/h7,10,16,19,25-26,28-29,33-36,41-42,44-45,58H,4-6,8-9,11-15,17-18,20-24,27,30-32,37-40,43,46-57H2,1-3H3/b10-7-,19-16-,28-25-,29-26-,35-33-,36-34-,44-41-,45-42-/t58-/m1/s1. The van der Waals surface area contributed by atoms with Crippen molar-refractivity contribution in [3.05, 3.63) is 97.2 Å². The van der Waals surface area contributed by atoms with E-state index in [1.54, 1.807) is 0 Å². The Kier molecular flexibility index (Phi) is 51.9. The van der Waals surface area contributed by atoms with Crippen molar-refractivity contribution in [2.24, 2.45) is 0 Å². The molecule has 0 N–H and O–H groups in total. The number of ether oxygens (including phenoxy) is 3. The quantitative estimate of drug-likeness (QED) is 0.0262. The van der Waals surface area contributed by atoms with Crippen molar-refractivity contribution in [1.29, 1.82) is 0 Å². The van der Waals surface area contributed by atoms with Gasteiger partial charge >= 0.3 is 17.9 Å². The van der Waals surface area contributed by atoms with Crippen LogP contribution in [0.3, 0.4) is 0 Å². The minimum absolute atomic E-state index is 0.120. The molecular formula is C61H102O6. The van der Waals surface area contributed by atoms with Crippen molar-refractivity contribution in [2.75, 3.05) is 13.2 Å². The number of hydrogen-bond acceptors (Lipinski definition) is 6. The first kappa shape index (κ1) is 63.3. The molecule has 6 nitrogen and oxygen atoms in total. The molecule has 0 saturated carbocycles. The van der Waals surface area contributed by atoms with E-state index in [4.69, 9.17) is 14.2 Å². The van der Waals surface area contributed by atoms with Gasteiger partial charge in [0.1, 0.15) is 13.2 Å². The third-order valence-electron chi connectivity index (χ3n) is 11.6. The summed E-state index contributed by atoms with van der Waals surface area (Å²) < 4.78 is 16.7. The molecule has 0 heterocycles. The predicted octanol–water partition coefficient (Wildman–Crippen LogP) is 18.5. The maximum absolute atomic E-state index is 12.8. The molecule has 0 aromatic carbocycles. The summed E-state index contributed by atoms with van der Waals surface area (Å²) in [7, 11) is 0. The van der Waals surface area contributed by atoms with Gasteiger partial charge in [-0.25, -0.2) is 0 Å². The summed E-state index contributed by atoms with van der Waals surface area (Å²) >= 11 is 0. The Morgan fingerprint density at radius 1 is 0.313 bits per heavy atom. The molecule has 0 radical (unpaired) electrons. The first-order valence-electron chi connectivity index (χ1n) is 27.7. The minimum atomic E-state index is -0.820. The summed E-state index contributed by atoms with van der Waals surface area (Å²) in [6.45, 7) is 6.43. The molecule has 0 fully saturated rings. The highest BCUT2D eigenvalue weighted by Gasteiger charge is 2.19. The minimum Gasteiger partial charge on any atom is -0.462 e. The molecule has 382 valence electrons. The monoisotopic (exact) mass is 931 g/mol. The lowest BCUT2D eigenvalue weighted by atomic mass is 10.0. The zero-order chi connectivity index (χ0) is 48.6. The number of rotatable bonds is 49. The van der Waals surface area contributed by atoms with Crippen molar-refractivity contribution in [3.63, 3.8) is 0 Å². The lowest BCUT2D eigenvalue weighted by Gasteiger charge is -2.18. The molecule has 0 amide bonds. The molecule has 0 unspecified atom stereocenters. The smallest absolute Gasteiger partial charge is 0.306 e. The Bertz CT molecular complexity index is 1350. The number of hydrogen-bond donors (Lipinski definition) is 0. The molecule has 0 aliphatic carbocycles. The third kappa shape index (κ3) is 53.2. The SMILES string of the molecule is CC/C=C\C/C=C\C/C=C\C/C=C\C/C=C\CCCC(=O)OC[C@H](COC(=O)CCC/C=C\C/C=C\C/C=C\CCCCCCCC)OC(=O)CCCCCCCCCCCCCCCCC. The van der Waals surface area contributed by atoms with Crippen LogP contribution in [-0.2, 0) is 28.6 Å². The number of unbranched alkanes of at least 4 members (excludes halogenated alkanes) is 22. The first-order valence-corrected chi connectivity index (χ1v) is 27.7. The van der Waals surface area contributed by atoms with Gasteiger partial charge in [-0.3, -0.25) is 14.4 Å². The Morgan fingerprint density at radius 3 is 0.955 bits per heavy atom. The van der Waals surface area contributed by atoms with Crippen LogP contribution in [0.4, 0.5) is 0 Å². The number of esters is 3. The molecule has 0 bridgehead atoms. The van der Waals surface area contributed by atoms with E-state index in [-0.39, 0.29) is 44.0 Å². The van der Waals surface area contributed by atoms with Crippen LogP contribution in [0.25, 0.3) is 0 Å². The van der Waals surface area contributed by atoms with E-state index < -0.39 is 6.10 Å². The van der Waals surface area contributed by atoms with Crippen molar-refractivity contribution in [2.45, 2.75) is 258 Å². The largest absolute Gasteiger partial charge is 0.462 e. The van der Waals surface area contributed by atoms with Crippen LogP contribution in [0.5, 0.6) is 0 Å². The molecule has 1 atom stereocenters. The van der Waals surface area contributed by atoms with Crippen molar-refractivity contribution < 1.29 is 28.6 Å². The van der Waals surface area contributed by atoms with Crippen molar-refractivity contribution in [3.8, 4) is 0 Å². The van der Waals surface area contributed by atoms with Crippen LogP contribution in [-0.4, -0.2) is 37.2 Å². The maximum atomic E-state index is 12.8. The topological polar surface area (TPSA) is 78.9 Å². The van der Waals surface area contributed by atoms with Gasteiger partial charge in [-0.2, -0.15) is 0 Å². The fraction of sp³-hybridized carbons (Fsp3) is 0.689. The van der Waals surface area contributed by atoms with Gasteiger partial charge < -0.3 is 14.2 Å². The molecule has 0 aliphatic heterocycles. The lowest BCUT2D eigenvalue weighted by Crippen LogP contribution is -2.30. The summed E-state index contributed by atoms with van der Waals surface area (Å²) in [5.74, 6) is -1.02. The summed E-state index contributed by atoms with van der Waals surface area (Å²) in [5.41, 5.74) is 0. The molecular weight excluding hydrogens is 829 g/mol. The molecule has 67 heavy (non-hydrogen) atoms. The van der Waals surface area contributed by atoms with Crippen LogP contribution in [0, 0.1) is 0 Å². The summed E-state index contributed by atoms with van der Waals surface area (Å²) in [4.78, 5) is 38.1. The summed E-state index contributed by atoms with van der Waals surface area (Å²) in [5, 5.41) is 0. The van der Waals surface area contributed by atoms with Crippen LogP contribution < -0.4 is 0 Å². The van der Waals surface area contributed by atoms with Gasteiger partial charge in [0.25, 0.3) is 0 Å². The average Bonchev–Trinajstić information content (AvgIpc) is 3.33. The molecule has 0 aromatic rings. The Labute approximate surface area is 413 Å². The normalized spacial score (nSPS) is 12.8. The molecule has 0 spiro atoms. The Balaban J connectivity index is 4.54. The second kappa shape index (κ2) is 54.9. The van der Waals surface area contributed by atoms with Gasteiger partial charge in [0.2, 0.25) is 0 Å². The van der Waals surface area contributed by atoms with Crippen molar-refractivity contribution in [1.82, 2.24) is 0 Å². The highest BCUT2D eigenvalue weighted by molar-refractivity contribution is 5.71. The van der Waals surface area contributed by atoms with Crippen LogP contribution in [0.15, 0.2) is 97.2 Å². The fourth-order valence-electron chi connectivity index (χ4n) is 7.44. The van der Waals surface area contributed by atoms with Gasteiger partial charge in [0.15, 0.2) is 6.10 Å². The predicted molar refractivity (Wildman–Crippen MR) is 288 cm³/mol. The summed E-state index contributed by atoms with van der Waals surface area (Å²) in [6.07, 6.45) is 72.6. The van der Waals surface area contributed by atoms with E-state index in [2.05, 4.69) is 118 Å². The Morgan fingerprint density at radius 2 is 0.597 bits per heavy atom. The zero-order valence-corrected chi connectivity index (χ0v) is 43.6. The molecule has 6 heteroatoms. The van der Waals surface area contributed by atoms with E-state index in [0.717, 1.165) is 77.0 Å². The number of carbonyl (C=O) groups excluding carboxylic acids is 3. The van der Waals surface area contributed by atoms with E-state index in [1.165, 1.54) is 122 Å². The molecule has 0 aliphatic rings. The van der Waals surface area contributed by atoms with E-state index in [1.807, 2.05) is 0 Å². The molecule has 0 aromatic heterocycles. The first-order chi connectivity index (χ1) is 33.0. The second-order valence-corrected chi connectivity index (χ2v) is 18.1. The highest BCUT2D eigenvalue weighted by atomic mass is 16.6. The van der Waals surface area contributed by atoms with Crippen LogP contribution >= 0.6 is 0 Å². The highest BCUT2D eigenvalue weighted by Crippen LogP contribution is 2.15. The van der Waals surface area contributed by atoms with Crippen LogP contribution in [0.2, 0.25) is 0 Å². The van der Waals surface area contributed by atoms with E-state index in [9.17, 15) is 14.4 Å². The van der Waals surface area contributed by atoms with E-state index in [0.29, 0.717) is 19.3 Å².